The van der Waals surface area contributed by atoms with Crippen molar-refractivity contribution in [2.75, 3.05) is 0 Å². The Morgan fingerprint density at radius 1 is 0.552 bits per heavy atom. The van der Waals surface area contributed by atoms with Gasteiger partial charge in [0.1, 0.15) is 0 Å². The molecule has 136 valence electrons. The van der Waals surface area contributed by atoms with Crippen molar-refractivity contribution in [3.05, 3.63) is 79.5 Å². The SMILES string of the molecule is c1cnc2cc(-c3cnc4cc(-c5cnc6[nH]ncc6c5)cnc4c3)ccc2c1. The van der Waals surface area contributed by atoms with E-state index in [2.05, 4.69) is 60.5 Å². The highest BCUT2D eigenvalue weighted by atomic mass is 15.1. The van der Waals surface area contributed by atoms with Crippen LogP contribution in [0.15, 0.2) is 79.5 Å². The fraction of sp³-hybridized carbons (Fsp3) is 0. The second kappa shape index (κ2) is 6.17. The maximum atomic E-state index is 4.65. The van der Waals surface area contributed by atoms with Gasteiger partial charge >= 0.3 is 0 Å². The number of H-pyrrole nitrogens is 1. The normalized spacial score (nSPS) is 11.4. The Kier molecular flexibility index (Phi) is 3.37. The lowest BCUT2D eigenvalue weighted by atomic mass is 10.0. The minimum atomic E-state index is 0.773. The van der Waals surface area contributed by atoms with E-state index in [1.165, 1.54) is 0 Å². The summed E-state index contributed by atoms with van der Waals surface area (Å²) >= 11 is 0. The molecule has 0 saturated heterocycles. The van der Waals surface area contributed by atoms with Gasteiger partial charge in [-0.15, -0.1) is 0 Å². The molecule has 0 atom stereocenters. The Balaban J connectivity index is 1.42. The molecule has 0 aliphatic carbocycles. The van der Waals surface area contributed by atoms with Gasteiger partial charge in [-0.1, -0.05) is 18.2 Å². The molecule has 0 unspecified atom stereocenters. The molecule has 0 bridgehead atoms. The molecule has 0 aliphatic rings. The van der Waals surface area contributed by atoms with E-state index in [1.54, 1.807) is 6.20 Å². The van der Waals surface area contributed by atoms with Gasteiger partial charge in [0.25, 0.3) is 0 Å². The Morgan fingerprint density at radius 3 is 2.14 bits per heavy atom. The molecule has 6 nitrogen and oxygen atoms in total. The van der Waals surface area contributed by atoms with E-state index in [9.17, 15) is 0 Å². The van der Waals surface area contributed by atoms with Crippen LogP contribution in [0.4, 0.5) is 0 Å². The van der Waals surface area contributed by atoms with Crippen LogP contribution >= 0.6 is 0 Å². The van der Waals surface area contributed by atoms with Gasteiger partial charge in [-0.3, -0.25) is 20.1 Å². The summed E-state index contributed by atoms with van der Waals surface area (Å²) in [5, 5.41) is 8.98. The minimum Gasteiger partial charge on any atom is -0.261 e. The predicted molar refractivity (Wildman–Crippen MR) is 113 cm³/mol. The first-order valence-corrected chi connectivity index (χ1v) is 9.24. The van der Waals surface area contributed by atoms with Crippen LogP contribution in [0.1, 0.15) is 0 Å². The number of hydrogen-bond donors (Lipinski definition) is 1. The van der Waals surface area contributed by atoms with Gasteiger partial charge < -0.3 is 0 Å². The van der Waals surface area contributed by atoms with Crippen LogP contribution in [0.3, 0.4) is 0 Å². The highest BCUT2D eigenvalue weighted by Crippen LogP contribution is 2.27. The topological polar surface area (TPSA) is 80.2 Å². The number of pyridine rings is 4. The van der Waals surface area contributed by atoms with Crippen LogP contribution in [0.2, 0.25) is 0 Å². The quantitative estimate of drug-likeness (QED) is 0.472. The van der Waals surface area contributed by atoms with E-state index in [-0.39, 0.29) is 0 Å². The van der Waals surface area contributed by atoms with Crippen molar-refractivity contribution in [2.45, 2.75) is 0 Å². The van der Waals surface area contributed by atoms with Gasteiger partial charge in [0.2, 0.25) is 0 Å². The second-order valence-corrected chi connectivity index (χ2v) is 6.93. The van der Waals surface area contributed by atoms with Crippen molar-refractivity contribution < 1.29 is 0 Å². The van der Waals surface area contributed by atoms with Crippen LogP contribution in [-0.4, -0.2) is 30.1 Å². The van der Waals surface area contributed by atoms with Crippen LogP contribution in [0.25, 0.3) is 55.2 Å². The number of nitrogens with one attached hydrogen (secondary N) is 1. The minimum absolute atomic E-state index is 0.773. The van der Waals surface area contributed by atoms with Crippen molar-refractivity contribution in [2.24, 2.45) is 0 Å². The zero-order chi connectivity index (χ0) is 19.2. The molecular weight excluding hydrogens is 360 g/mol. The summed E-state index contributed by atoms with van der Waals surface area (Å²) in [6.45, 7) is 0. The first-order chi connectivity index (χ1) is 14.3. The number of aromatic amines is 1. The Hall–Kier alpha value is -4.19. The molecule has 6 heteroatoms. The lowest BCUT2D eigenvalue weighted by Gasteiger charge is -2.06. The van der Waals surface area contributed by atoms with Gasteiger partial charge in [-0.25, -0.2) is 4.98 Å². The number of nitrogens with zero attached hydrogens (tertiary/aromatic N) is 5. The van der Waals surface area contributed by atoms with Crippen LogP contribution < -0.4 is 0 Å². The summed E-state index contributed by atoms with van der Waals surface area (Å²) in [6, 6.07) is 16.4. The molecule has 29 heavy (non-hydrogen) atoms. The highest BCUT2D eigenvalue weighted by Gasteiger charge is 2.07. The van der Waals surface area contributed by atoms with Gasteiger partial charge in [0, 0.05) is 52.3 Å². The Bertz CT molecular complexity index is 1520. The summed E-state index contributed by atoms with van der Waals surface area (Å²) in [7, 11) is 0. The number of aromatic nitrogens is 6. The van der Waals surface area contributed by atoms with Crippen molar-refractivity contribution in [1.29, 1.82) is 0 Å². The first-order valence-electron chi connectivity index (χ1n) is 9.24. The second-order valence-electron chi connectivity index (χ2n) is 6.93. The standard InChI is InChI=1S/C23H14N6/c1-2-14-3-4-15(7-20(14)24-5-1)17-8-21-22(25-10-17)9-18(11-26-21)16-6-19-13-28-29-23(19)27-12-16/h1-13H,(H,27,28,29). The van der Waals surface area contributed by atoms with Crippen LogP contribution in [0, 0.1) is 0 Å². The third-order valence-electron chi connectivity index (χ3n) is 5.10. The van der Waals surface area contributed by atoms with E-state index >= 15 is 0 Å². The molecule has 0 amide bonds. The average molecular weight is 374 g/mol. The summed E-state index contributed by atoms with van der Waals surface area (Å²) in [5.41, 5.74) is 7.49. The van der Waals surface area contributed by atoms with E-state index in [1.807, 2.05) is 43.0 Å². The first kappa shape index (κ1) is 15.8. The smallest absolute Gasteiger partial charge is 0.155 e. The van der Waals surface area contributed by atoms with Crippen molar-refractivity contribution in [1.82, 2.24) is 30.1 Å². The summed E-state index contributed by atoms with van der Waals surface area (Å²) < 4.78 is 0. The molecule has 5 aromatic heterocycles. The van der Waals surface area contributed by atoms with Crippen molar-refractivity contribution >= 4 is 33.0 Å². The van der Waals surface area contributed by atoms with Crippen molar-refractivity contribution in [3.63, 3.8) is 0 Å². The van der Waals surface area contributed by atoms with E-state index in [4.69, 9.17) is 0 Å². The fourth-order valence-corrected chi connectivity index (χ4v) is 3.56. The van der Waals surface area contributed by atoms with Gasteiger partial charge in [0.05, 0.1) is 22.7 Å². The molecule has 5 heterocycles. The summed E-state index contributed by atoms with van der Waals surface area (Å²) in [4.78, 5) is 18.1. The maximum absolute atomic E-state index is 4.65. The van der Waals surface area contributed by atoms with Crippen LogP contribution in [0.5, 0.6) is 0 Å². The Morgan fingerprint density at radius 2 is 1.28 bits per heavy atom. The van der Waals surface area contributed by atoms with E-state index in [0.29, 0.717) is 0 Å². The number of fused-ring (bicyclic) bond motifs is 3. The fourth-order valence-electron chi connectivity index (χ4n) is 3.56. The molecule has 6 aromatic rings. The average Bonchev–Trinajstić information content (AvgIpc) is 3.26. The molecular formula is C23H14N6. The lowest BCUT2D eigenvalue weighted by molar-refractivity contribution is 1.10. The highest BCUT2D eigenvalue weighted by molar-refractivity contribution is 5.88. The zero-order valence-corrected chi connectivity index (χ0v) is 15.2. The number of hydrogen-bond acceptors (Lipinski definition) is 5. The predicted octanol–water partition coefficient (Wildman–Crippen LogP) is 4.78. The third kappa shape index (κ3) is 2.70. The molecule has 0 aliphatic heterocycles. The lowest BCUT2D eigenvalue weighted by Crippen LogP contribution is -1.89. The number of benzene rings is 1. The van der Waals surface area contributed by atoms with Gasteiger partial charge in [0.15, 0.2) is 5.65 Å². The monoisotopic (exact) mass is 374 g/mol. The van der Waals surface area contributed by atoms with Gasteiger partial charge in [-0.2, -0.15) is 5.10 Å². The largest absolute Gasteiger partial charge is 0.261 e. The third-order valence-corrected chi connectivity index (χ3v) is 5.10. The summed E-state index contributed by atoms with van der Waals surface area (Å²) in [5.74, 6) is 0. The molecule has 0 spiro atoms. The van der Waals surface area contributed by atoms with E-state index in [0.717, 1.165) is 55.2 Å². The molecule has 0 radical (unpaired) electrons. The molecule has 1 N–H and O–H groups in total. The zero-order valence-electron chi connectivity index (χ0n) is 15.2. The molecule has 0 saturated carbocycles. The Labute approximate surface area is 165 Å². The maximum Gasteiger partial charge on any atom is 0.155 e. The van der Waals surface area contributed by atoms with Crippen LogP contribution in [-0.2, 0) is 0 Å². The van der Waals surface area contributed by atoms with Gasteiger partial charge in [-0.05, 0) is 35.9 Å². The molecule has 1 aromatic carbocycles. The number of rotatable bonds is 2. The molecule has 0 fully saturated rings. The summed E-state index contributed by atoms with van der Waals surface area (Å²) in [6.07, 6.45) is 9.14. The molecule has 6 rings (SSSR count). The van der Waals surface area contributed by atoms with E-state index < -0.39 is 0 Å². The van der Waals surface area contributed by atoms with Crippen molar-refractivity contribution in [3.8, 4) is 22.3 Å².